The number of nitrogens with zero attached hydrogens (tertiary/aromatic N) is 1. The van der Waals surface area contributed by atoms with E-state index in [0.29, 0.717) is 0 Å². The lowest BCUT2D eigenvalue weighted by molar-refractivity contribution is -0.113. The molecule has 1 fully saturated rings. The number of rotatable bonds is 4. The second-order valence-corrected chi connectivity index (χ2v) is 3.94. The van der Waals surface area contributed by atoms with E-state index in [-0.39, 0.29) is 6.04 Å². The van der Waals surface area contributed by atoms with Crippen molar-refractivity contribution in [2.75, 3.05) is 13.1 Å². The van der Waals surface area contributed by atoms with Crippen LogP contribution in [0.1, 0.15) is 32.6 Å². The average Bonchev–Trinajstić information content (AvgIpc) is 2.15. The molecule has 0 N–H and O–H groups in total. The Morgan fingerprint density at radius 3 is 3.00 bits per heavy atom. The molecule has 0 amide bonds. The molecule has 1 aliphatic heterocycles. The highest BCUT2D eigenvalue weighted by molar-refractivity contribution is 5.57. The van der Waals surface area contributed by atoms with E-state index in [1.807, 2.05) is 6.92 Å². The van der Waals surface area contributed by atoms with Crippen molar-refractivity contribution in [3.05, 3.63) is 12.2 Å². The zero-order valence-corrected chi connectivity index (χ0v) is 8.46. The fourth-order valence-corrected chi connectivity index (χ4v) is 1.78. The molecule has 0 aromatic heterocycles. The normalized spacial score (nSPS) is 24.2. The van der Waals surface area contributed by atoms with Gasteiger partial charge in [-0.25, -0.2) is 0 Å². The second kappa shape index (κ2) is 5.18. The molecule has 0 aromatic carbocycles. The van der Waals surface area contributed by atoms with Gasteiger partial charge in [-0.15, -0.1) is 6.58 Å². The fourth-order valence-electron chi connectivity index (χ4n) is 1.78. The van der Waals surface area contributed by atoms with Crippen LogP contribution in [0.5, 0.6) is 0 Å². The van der Waals surface area contributed by atoms with E-state index in [9.17, 15) is 4.79 Å². The van der Waals surface area contributed by atoms with Gasteiger partial charge in [-0.05, 0) is 32.7 Å². The summed E-state index contributed by atoms with van der Waals surface area (Å²) in [7, 11) is 0. The van der Waals surface area contributed by atoms with Crippen LogP contribution in [-0.4, -0.2) is 30.3 Å². The molecule has 1 heterocycles. The SMILES string of the molecule is C=C(C)CCN1CCCCC1C=O. The second-order valence-electron chi connectivity index (χ2n) is 3.94. The molecule has 1 unspecified atom stereocenters. The van der Waals surface area contributed by atoms with Crippen LogP contribution in [0.3, 0.4) is 0 Å². The number of aldehydes is 1. The van der Waals surface area contributed by atoms with Gasteiger partial charge in [-0.2, -0.15) is 0 Å². The monoisotopic (exact) mass is 181 g/mol. The number of hydrogen-bond acceptors (Lipinski definition) is 2. The first-order valence-electron chi connectivity index (χ1n) is 5.08. The number of piperidine rings is 1. The third kappa shape index (κ3) is 3.31. The maximum Gasteiger partial charge on any atom is 0.137 e. The molecule has 2 nitrogen and oxygen atoms in total. The van der Waals surface area contributed by atoms with Crippen molar-refractivity contribution in [1.82, 2.24) is 4.90 Å². The van der Waals surface area contributed by atoms with E-state index < -0.39 is 0 Å². The zero-order valence-electron chi connectivity index (χ0n) is 8.46. The zero-order chi connectivity index (χ0) is 9.68. The van der Waals surface area contributed by atoms with Crippen LogP contribution < -0.4 is 0 Å². The largest absolute Gasteiger partial charge is 0.302 e. The Hall–Kier alpha value is -0.630. The van der Waals surface area contributed by atoms with Gasteiger partial charge in [0.2, 0.25) is 0 Å². The lowest BCUT2D eigenvalue weighted by Gasteiger charge is -2.32. The van der Waals surface area contributed by atoms with E-state index in [0.717, 1.165) is 32.2 Å². The lowest BCUT2D eigenvalue weighted by atomic mass is 10.0. The molecule has 1 aliphatic rings. The van der Waals surface area contributed by atoms with E-state index in [1.54, 1.807) is 0 Å². The van der Waals surface area contributed by atoms with Crippen LogP contribution in [0, 0.1) is 0 Å². The number of carbonyl (C=O) groups is 1. The van der Waals surface area contributed by atoms with Crippen LogP contribution in [0.15, 0.2) is 12.2 Å². The molecular formula is C11H19NO. The van der Waals surface area contributed by atoms with E-state index in [1.165, 1.54) is 18.4 Å². The van der Waals surface area contributed by atoms with Crippen molar-refractivity contribution in [2.24, 2.45) is 0 Å². The molecule has 0 spiro atoms. The Balaban J connectivity index is 2.35. The third-order valence-corrected chi connectivity index (χ3v) is 2.65. The Bertz CT molecular complexity index is 189. The summed E-state index contributed by atoms with van der Waals surface area (Å²) in [6, 6.07) is 0.174. The molecule has 1 rings (SSSR count). The summed E-state index contributed by atoms with van der Waals surface area (Å²) >= 11 is 0. The molecule has 0 saturated carbocycles. The van der Waals surface area contributed by atoms with E-state index in [4.69, 9.17) is 0 Å². The Morgan fingerprint density at radius 1 is 1.62 bits per heavy atom. The molecule has 0 radical (unpaired) electrons. The van der Waals surface area contributed by atoms with Gasteiger partial charge in [-0.1, -0.05) is 12.0 Å². The van der Waals surface area contributed by atoms with Crippen LogP contribution in [0.25, 0.3) is 0 Å². The minimum Gasteiger partial charge on any atom is -0.302 e. The van der Waals surface area contributed by atoms with E-state index >= 15 is 0 Å². The molecular weight excluding hydrogens is 162 g/mol. The predicted octanol–water partition coefficient (Wildman–Crippen LogP) is 2.01. The number of carbonyl (C=O) groups excluding carboxylic acids is 1. The summed E-state index contributed by atoms with van der Waals surface area (Å²) in [6.07, 6.45) is 5.59. The maximum atomic E-state index is 10.8. The molecule has 0 aromatic rings. The summed E-state index contributed by atoms with van der Waals surface area (Å²) in [4.78, 5) is 13.0. The van der Waals surface area contributed by atoms with E-state index in [2.05, 4.69) is 11.5 Å². The van der Waals surface area contributed by atoms with Gasteiger partial charge in [-0.3, -0.25) is 4.90 Å². The van der Waals surface area contributed by atoms with Crippen molar-refractivity contribution >= 4 is 6.29 Å². The predicted molar refractivity (Wildman–Crippen MR) is 54.7 cm³/mol. The first-order valence-corrected chi connectivity index (χ1v) is 5.08. The van der Waals surface area contributed by atoms with Crippen LogP contribution in [0.2, 0.25) is 0 Å². The van der Waals surface area contributed by atoms with Crippen molar-refractivity contribution in [3.63, 3.8) is 0 Å². The van der Waals surface area contributed by atoms with Gasteiger partial charge in [0.15, 0.2) is 0 Å². The van der Waals surface area contributed by atoms with Crippen molar-refractivity contribution in [3.8, 4) is 0 Å². The highest BCUT2D eigenvalue weighted by Crippen LogP contribution is 2.16. The minimum absolute atomic E-state index is 0.174. The summed E-state index contributed by atoms with van der Waals surface area (Å²) in [5, 5.41) is 0. The summed E-state index contributed by atoms with van der Waals surface area (Å²) in [6.45, 7) is 8.00. The number of hydrogen-bond donors (Lipinski definition) is 0. The Labute approximate surface area is 80.6 Å². The fraction of sp³-hybridized carbons (Fsp3) is 0.727. The van der Waals surface area contributed by atoms with Gasteiger partial charge >= 0.3 is 0 Å². The molecule has 1 atom stereocenters. The maximum absolute atomic E-state index is 10.8. The number of likely N-dealkylation sites (tertiary alicyclic amines) is 1. The van der Waals surface area contributed by atoms with Gasteiger partial charge in [0.05, 0.1) is 6.04 Å². The Morgan fingerprint density at radius 2 is 2.38 bits per heavy atom. The minimum atomic E-state index is 0.174. The third-order valence-electron chi connectivity index (χ3n) is 2.65. The highest BCUT2D eigenvalue weighted by atomic mass is 16.1. The molecule has 1 saturated heterocycles. The van der Waals surface area contributed by atoms with Crippen molar-refractivity contribution in [1.29, 1.82) is 0 Å². The van der Waals surface area contributed by atoms with Crippen molar-refractivity contribution in [2.45, 2.75) is 38.6 Å². The smallest absolute Gasteiger partial charge is 0.137 e. The molecule has 13 heavy (non-hydrogen) atoms. The first-order chi connectivity index (χ1) is 6.24. The molecule has 74 valence electrons. The summed E-state index contributed by atoms with van der Waals surface area (Å²) in [5.41, 5.74) is 1.20. The topological polar surface area (TPSA) is 20.3 Å². The van der Waals surface area contributed by atoms with Crippen molar-refractivity contribution < 1.29 is 4.79 Å². The van der Waals surface area contributed by atoms with Gasteiger partial charge < -0.3 is 4.79 Å². The quantitative estimate of drug-likeness (QED) is 0.488. The van der Waals surface area contributed by atoms with Gasteiger partial charge in [0, 0.05) is 6.54 Å². The van der Waals surface area contributed by atoms with Gasteiger partial charge in [0.25, 0.3) is 0 Å². The van der Waals surface area contributed by atoms with Crippen LogP contribution >= 0.6 is 0 Å². The van der Waals surface area contributed by atoms with Crippen LogP contribution in [0.4, 0.5) is 0 Å². The van der Waals surface area contributed by atoms with Gasteiger partial charge in [0.1, 0.15) is 6.29 Å². The summed E-state index contributed by atoms with van der Waals surface area (Å²) < 4.78 is 0. The molecule has 0 bridgehead atoms. The van der Waals surface area contributed by atoms with Crippen LogP contribution in [-0.2, 0) is 4.79 Å². The lowest BCUT2D eigenvalue weighted by Crippen LogP contribution is -2.41. The standard InChI is InChI=1S/C11H19NO/c1-10(2)6-8-12-7-4-3-5-11(12)9-13/h9,11H,1,3-8H2,2H3. The first kappa shape index (κ1) is 10.5. The highest BCUT2D eigenvalue weighted by Gasteiger charge is 2.20. The summed E-state index contributed by atoms with van der Waals surface area (Å²) in [5.74, 6) is 0. The molecule has 0 aliphatic carbocycles. The Kier molecular flexibility index (Phi) is 4.16. The average molecular weight is 181 g/mol. The molecule has 2 heteroatoms.